The average Bonchev–Trinajstić information content (AvgIpc) is 2.30. The molecule has 1 heterocycles. The normalized spacial score (nSPS) is 31.5. The van der Waals surface area contributed by atoms with Crippen molar-refractivity contribution in [3.05, 3.63) is 0 Å². The van der Waals surface area contributed by atoms with Gasteiger partial charge in [-0.25, -0.2) is 0 Å². The number of nitrogens with zero attached hydrogens (tertiary/aromatic N) is 1. The van der Waals surface area contributed by atoms with Crippen molar-refractivity contribution in [3.8, 4) is 0 Å². The number of likely N-dealkylation sites (N-methyl/N-ethyl adjacent to an activating group) is 1. The molecule has 0 N–H and O–H groups in total. The quantitative estimate of drug-likeness (QED) is 0.594. The molecule has 0 aromatic carbocycles. The summed E-state index contributed by atoms with van der Waals surface area (Å²) in [6, 6.07) is 0.602. The fourth-order valence-electron chi connectivity index (χ4n) is 1.88. The molecule has 0 aromatic heterocycles. The Bertz CT molecular complexity index is 148. The summed E-state index contributed by atoms with van der Waals surface area (Å²) < 4.78 is 5.52. The van der Waals surface area contributed by atoms with Crippen LogP contribution in [0.3, 0.4) is 0 Å². The van der Waals surface area contributed by atoms with E-state index in [1.807, 2.05) is 0 Å². The average molecular weight is 171 g/mol. The number of rotatable bonds is 1. The summed E-state index contributed by atoms with van der Waals surface area (Å²) in [4.78, 5) is 2.28. The first-order chi connectivity index (χ1) is 5.43. The van der Waals surface area contributed by atoms with E-state index in [4.69, 9.17) is 4.74 Å². The molecule has 0 spiro atoms. The van der Waals surface area contributed by atoms with Gasteiger partial charge in [-0.15, -0.1) is 0 Å². The molecule has 1 fully saturated rings. The topological polar surface area (TPSA) is 12.5 Å². The zero-order valence-electron chi connectivity index (χ0n) is 8.92. The highest BCUT2D eigenvalue weighted by Crippen LogP contribution is 2.34. The lowest BCUT2D eigenvalue weighted by Crippen LogP contribution is -2.40. The summed E-state index contributed by atoms with van der Waals surface area (Å²) in [6.07, 6.45) is 0. The molecule has 12 heavy (non-hydrogen) atoms. The van der Waals surface area contributed by atoms with Gasteiger partial charge in [0, 0.05) is 12.0 Å². The van der Waals surface area contributed by atoms with Gasteiger partial charge in [-0.1, -0.05) is 20.8 Å². The van der Waals surface area contributed by atoms with Crippen LogP contribution in [0.15, 0.2) is 0 Å². The fraction of sp³-hybridized carbons (Fsp3) is 1.00. The molecule has 72 valence electrons. The van der Waals surface area contributed by atoms with E-state index >= 15 is 0 Å². The Morgan fingerprint density at radius 2 is 1.75 bits per heavy atom. The van der Waals surface area contributed by atoms with Crippen LogP contribution in [0.2, 0.25) is 0 Å². The van der Waals surface area contributed by atoms with Crippen molar-refractivity contribution in [3.63, 3.8) is 0 Å². The Hall–Kier alpha value is -0.0800. The van der Waals surface area contributed by atoms with E-state index in [1.54, 1.807) is 0 Å². The SMILES string of the molecule is CN(C)C1COCC1C(C)(C)C. The highest BCUT2D eigenvalue weighted by Gasteiger charge is 2.37. The summed E-state index contributed by atoms with van der Waals surface area (Å²) in [7, 11) is 4.27. The van der Waals surface area contributed by atoms with Gasteiger partial charge in [0.2, 0.25) is 0 Å². The van der Waals surface area contributed by atoms with E-state index in [1.165, 1.54) is 0 Å². The molecule has 0 aromatic rings. The lowest BCUT2D eigenvalue weighted by molar-refractivity contribution is 0.144. The molecule has 2 nitrogen and oxygen atoms in total. The zero-order valence-corrected chi connectivity index (χ0v) is 8.92. The van der Waals surface area contributed by atoms with Gasteiger partial charge in [0.05, 0.1) is 13.2 Å². The third kappa shape index (κ3) is 1.99. The minimum atomic E-state index is 0.367. The molecule has 0 bridgehead atoms. The van der Waals surface area contributed by atoms with Crippen LogP contribution in [0, 0.1) is 11.3 Å². The van der Waals surface area contributed by atoms with Gasteiger partial charge in [0.1, 0.15) is 0 Å². The molecule has 1 rings (SSSR count). The van der Waals surface area contributed by atoms with Gasteiger partial charge in [-0.3, -0.25) is 0 Å². The van der Waals surface area contributed by atoms with Crippen molar-refractivity contribution in [1.29, 1.82) is 0 Å². The monoisotopic (exact) mass is 171 g/mol. The van der Waals surface area contributed by atoms with Crippen molar-refractivity contribution in [2.45, 2.75) is 26.8 Å². The van der Waals surface area contributed by atoms with Crippen LogP contribution in [0.1, 0.15) is 20.8 Å². The highest BCUT2D eigenvalue weighted by molar-refractivity contribution is 4.88. The number of ether oxygens (including phenoxy) is 1. The summed E-state index contributed by atoms with van der Waals surface area (Å²) in [6.45, 7) is 8.70. The van der Waals surface area contributed by atoms with E-state index in [0.717, 1.165) is 13.2 Å². The van der Waals surface area contributed by atoms with E-state index in [2.05, 4.69) is 39.8 Å². The van der Waals surface area contributed by atoms with Gasteiger partial charge in [0.15, 0.2) is 0 Å². The number of hydrogen-bond donors (Lipinski definition) is 0. The Morgan fingerprint density at radius 1 is 1.17 bits per heavy atom. The molecule has 2 heteroatoms. The molecular formula is C10H21NO. The molecule has 1 aliphatic rings. The number of hydrogen-bond acceptors (Lipinski definition) is 2. The smallest absolute Gasteiger partial charge is 0.0625 e. The van der Waals surface area contributed by atoms with Gasteiger partial charge in [-0.2, -0.15) is 0 Å². The molecule has 0 aliphatic carbocycles. The van der Waals surface area contributed by atoms with Crippen molar-refractivity contribution in [2.75, 3.05) is 27.3 Å². The maximum atomic E-state index is 5.52. The fourth-order valence-corrected chi connectivity index (χ4v) is 1.88. The first-order valence-corrected chi connectivity index (χ1v) is 4.67. The predicted octanol–water partition coefficient (Wildman–Crippen LogP) is 1.61. The maximum Gasteiger partial charge on any atom is 0.0625 e. The summed E-state index contributed by atoms with van der Waals surface area (Å²) in [5.74, 6) is 0.674. The molecule has 1 aliphatic heterocycles. The zero-order chi connectivity index (χ0) is 9.35. The van der Waals surface area contributed by atoms with Crippen LogP contribution >= 0.6 is 0 Å². The first kappa shape index (κ1) is 10.0. The molecule has 2 atom stereocenters. The Kier molecular flexibility index (Phi) is 2.79. The lowest BCUT2D eigenvalue weighted by atomic mass is 9.78. The van der Waals surface area contributed by atoms with Crippen molar-refractivity contribution in [1.82, 2.24) is 4.90 Å². The van der Waals surface area contributed by atoms with E-state index in [9.17, 15) is 0 Å². The van der Waals surface area contributed by atoms with E-state index in [-0.39, 0.29) is 0 Å². The maximum absolute atomic E-state index is 5.52. The summed E-state index contributed by atoms with van der Waals surface area (Å²) in [5.41, 5.74) is 0.367. The van der Waals surface area contributed by atoms with Gasteiger partial charge < -0.3 is 9.64 Å². The van der Waals surface area contributed by atoms with Crippen LogP contribution in [0.25, 0.3) is 0 Å². The molecule has 0 amide bonds. The van der Waals surface area contributed by atoms with Crippen LogP contribution in [-0.4, -0.2) is 38.3 Å². The Balaban J connectivity index is 2.64. The second-order valence-corrected chi connectivity index (χ2v) is 5.04. The molecule has 1 saturated heterocycles. The molecular weight excluding hydrogens is 150 g/mol. The Labute approximate surface area is 75.9 Å². The molecule has 0 saturated carbocycles. The van der Waals surface area contributed by atoms with Gasteiger partial charge in [-0.05, 0) is 19.5 Å². The summed E-state index contributed by atoms with van der Waals surface area (Å²) in [5, 5.41) is 0. The largest absolute Gasteiger partial charge is 0.379 e. The van der Waals surface area contributed by atoms with E-state index < -0.39 is 0 Å². The second-order valence-electron chi connectivity index (χ2n) is 5.04. The van der Waals surface area contributed by atoms with Crippen molar-refractivity contribution >= 4 is 0 Å². The minimum Gasteiger partial charge on any atom is -0.379 e. The molecule has 2 unspecified atom stereocenters. The van der Waals surface area contributed by atoms with Crippen LogP contribution in [0.4, 0.5) is 0 Å². The predicted molar refractivity (Wildman–Crippen MR) is 51.2 cm³/mol. The highest BCUT2D eigenvalue weighted by atomic mass is 16.5. The van der Waals surface area contributed by atoms with Crippen LogP contribution in [-0.2, 0) is 4.74 Å². The van der Waals surface area contributed by atoms with Crippen LogP contribution in [0.5, 0.6) is 0 Å². The van der Waals surface area contributed by atoms with Crippen LogP contribution < -0.4 is 0 Å². The summed E-state index contributed by atoms with van der Waals surface area (Å²) >= 11 is 0. The second kappa shape index (κ2) is 3.35. The van der Waals surface area contributed by atoms with Gasteiger partial charge >= 0.3 is 0 Å². The van der Waals surface area contributed by atoms with Crippen molar-refractivity contribution in [2.24, 2.45) is 11.3 Å². The minimum absolute atomic E-state index is 0.367. The lowest BCUT2D eigenvalue weighted by Gasteiger charge is -2.33. The van der Waals surface area contributed by atoms with E-state index in [0.29, 0.717) is 17.4 Å². The van der Waals surface area contributed by atoms with Crippen molar-refractivity contribution < 1.29 is 4.74 Å². The Morgan fingerprint density at radius 3 is 2.08 bits per heavy atom. The third-order valence-corrected chi connectivity index (χ3v) is 2.83. The molecule has 0 radical (unpaired) electrons. The first-order valence-electron chi connectivity index (χ1n) is 4.67. The standard InChI is InChI=1S/C10H21NO/c1-10(2,3)8-6-12-7-9(8)11(4)5/h8-9H,6-7H2,1-5H3. The van der Waals surface area contributed by atoms with Gasteiger partial charge in [0.25, 0.3) is 0 Å². The third-order valence-electron chi connectivity index (χ3n) is 2.83.